The van der Waals surface area contributed by atoms with E-state index < -0.39 is 0 Å². The molecule has 0 amide bonds. The summed E-state index contributed by atoms with van der Waals surface area (Å²) >= 11 is 9.74. The number of ether oxygens (including phenoxy) is 1. The number of benzene rings is 2. The summed E-state index contributed by atoms with van der Waals surface area (Å²) < 4.78 is 6.81. The summed E-state index contributed by atoms with van der Waals surface area (Å²) in [5, 5.41) is 4.21. The molecule has 2 aromatic rings. The maximum atomic E-state index is 6.31. The number of halogens is 2. The summed E-state index contributed by atoms with van der Waals surface area (Å²) in [6.07, 6.45) is 0.138. The molecule has 21 heavy (non-hydrogen) atoms. The van der Waals surface area contributed by atoms with Gasteiger partial charge in [0.2, 0.25) is 0 Å². The quantitative estimate of drug-likeness (QED) is 0.692. The van der Waals surface area contributed by atoms with E-state index >= 15 is 0 Å². The number of nitrogens with one attached hydrogen (secondary N) is 1. The molecule has 0 fully saturated rings. The van der Waals surface area contributed by atoms with E-state index in [1.54, 1.807) is 0 Å². The molecule has 0 saturated carbocycles. The smallest absolute Gasteiger partial charge is 0.142 e. The number of hydrogen-bond acceptors (Lipinski definition) is 2. The summed E-state index contributed by atoms with van der Waals surface area (Å²) in [5.41, 5.74) is 2.02. The fraction of sp³-hybridized carbons (Fsp3) is 0.294. The van der Waals surface area contributed by atoms with Gasteiger partial charge in [-0.1, -0.05) is 45.7 Å². The highest BCUT2D eigenvalue weighted by atomic mass is 79.9. The second-order valence-electron chi connectivity index (χ2n) is 5.19. The Morgan fingerprint density at radius 1 is 1.10 bits per heavy atom. The number of hydrogen-bond donors (Lipinski definition) is 1. The van der Waals surface area contributed by atoms with Crippen LogP contribution in [0.5, 0.6) is 5.75 Å². The molecule has 0 aliphatic heterocycles. The lowest BCUT2D eigenvalue weighted by Gasteiger charge is -2.20. The van der Waals surface area contributed by atoms with Crippen molar-refractivity contribution in [1.29, 1.82) is 0 Å². The van der Waals surface area contributed by atoms with E-state index in [2.05, 4.69) is 28.2 Å². The molecule has 2 aromatic carbocycles. The Labute approximate surface area is 139 Å². The molecule has 1 unspecified atom stereocenters. The Bertz CT molecular complexity index is 615. The second kappa shape index (κ2) is 7.19. The number of para-hydroxylation sites is 2. The lowest BCUT2D eigenvalue weighted by molar-refractivity contribution is 0.243. The van der Waals surface area contributed by atoms with Crippen molar-refractivity contribution in [2.75, 3.05) is 5.32 Å². The zero-order chi connectivity index (χ0) is 15.4. The van der Waals surface area contributed by atoms with Gasteiger partial charge in [-0.05, 0) is 50.6 Å². The molecule has 4 heteroatoms. The Morgan fingerprint density at radius 2 is 1.81 bits per heavy atom. The van der Waals surface area contributed by atoms with E-state index in [0.717, 1.165) is 26.5 Å². The molecule has 1 atom stereocenters. The van der Waals surface area contributed by atoms with Crippen LogP contribution in [0.15, 0.2) is 46.9 Å². The fourth-order valence-electron chi connectivity index (χ4n) is 2.11. The van der Waals surface area contributed by atoms with Crippen LogP contribution in [0, 0.1) is 0 Å². The minimum Gasteiger partial charge on any atom is -0.489 e. The average molecular weight is 369 g/mol. The molecule has 0 saturated heterocycles. The molecular weight excluding hydrogens is 350 g/mol. The highest BCUT2D eigenvalue weighted by molar-refractivity contribution is 9.10. The lowest BCUT2D eigenvalue weighted by atomic mass is 10.1. The first kappa shape index (κ1) is 16.2. The Kier molecular flexibility index (Phi) is 5.54. The number of anilines is 1. The second-order valence-corrected chi connectivity index (χ2v) is 6.52. The third-order valence-corrected chi connectivity index (χ3v) is 3.87. The van der Waals surface area contributed by atoms with E-state index in [-0.39, 0.29) is 12.1 Å². The van der Waals surface area contributed by atoms with Crippen molar-refractivity contribution in [2.45, 2.75) is 32.9 Å². The molecule has 112 valence electrons. The maximum absolute atomic E-state index is 6.31. The fourth-order valence-corrected chi connectivity index (χ4v) is 2.94. The van der Waals surface area contributed by atoms with E-state index in [0.29, 0.717) is 0 Å². The topological polar surface area (TPSA) is 21.3 Å². The standard InChI is InChI=1S/C17H19BrClNO/c1-11(2)21-17-7-5-4-6-16(17)20-12(3)14-9-8-13(18)10-15(14)19/h4-12,20H,1-3H3. The molecule has 0 radical (unpaired) electrons. The van der Waals surface area contributed by atoms with Gasteiger partial charge in [0.05, 0.1) is 17.8 Å². The van der Waals surface area contributed by atoms with Gasteiger partial charge < -0.3 is 10.1 Å². The molecule has 0 aromatic heterocycles. The van der Waals surface area contributed by atoms with Crippen LogP contribution >= 0.6 is 27.5 Å². The third kappa shape index (κ3) is 4.39. The van der Waals surface area contributed by atoms with E-state index in [1.165, 1.54) is 0 Å². The van der Waals surface area contributed by atoms with E-state index in [9.17, 15) is 0 Å². The first-order valence-corrected chi connectivity index (χ1v) is 8.11. The van der Waals surface area contributed by atoms with Gasteiger partial charge in [-0.2, -0.15) is 0 Å². The minimum atomic E-state index is 0.0857. The lowest BCUT2D eigenvalue weighted by Crippen LogP contribution is -2.11. The minimum absolute atomic E-state index is 0.0857. The molecule has 2 rings (SSSR count). The van der Waals surface area contributed by atoms with Gasteiger partial charge in [0.15, 0.2) is 0 Å². The van der Waals surface area contributed by atoms with Crippen molar-refractivity contribution in [2.24, 2.45) is 0 Å². The summed E-state index contributed by atoms with van der Waals surface area (Å²) in [5.74, 6) is 0.854. The normalized spacial score (nSPS) is 12.3. The van der Waals surface area contributed by atoms with Crippen LogP contribution in [-0.4, -0.2) is 6.10 Å². The molecule has 0 aliphatic rings. The van der Waals surface area contributed by atoms with Crippen LogP contribution < -0.4 is 10.1 Å². The van der Waals surface area contributed by atoms with Gasteiger partial charge in [0.1, 0.15) is 5.75 Å². The molecule has 0 heterocycles. The first-order valence-electron chi connectivity index (χ1n) is 6.94. The Hall–Kier alpha value is -1.19. The predicted molar refractivity (Wildman–Crippen MR) is 93.4 cm³/mol. The van der Waals surface area contributed by atoms with Crippen LogP contribution in [-0.2, 0) is 0 Å². The maximum Gasteiger partial charge on any atom is 0.142 e. The molecular formula is C17H19BrClNO. The Morgan fingerprint density at radius 3 is 2.48 bits per heavy atom. The first-order chi connectivity index (χ1) is 9.97. The molecule has 1 N–H and O–H groups in total. The van der Waals surface area contributed by atoms with Gasteiger partial charge in [0, 0.05) is 9.50 Å². The van der Waals surface area contributed by atoms with Gasteiger partial charge in [-0.25, -0.2) is 0 Å². The number of rotatable bonds is 5. The van der Waals surface area contributed by atoms with Crippen LogP contribution in [0.2, 0.25) is 5.02 Å². The molecule has 0 spiro atoms. The van der Waals surface area contributed by atoms with Crippen molar-refractivity contribution in [3.63, 3.8) is 0 Å². The van der Waals surface area contributed by atoms with E-state index in [4.69, 9.17) is 16.3 Å². The Balaban J connectivity index is 2.21. The third-order valence-electron chi connectivity index (χ3n) is 3.05. The average Bonchev–Trinajstić information content (AvgIpc) is 2.40. The highest BCUT2D eigenvalue weighted by Crippen LogP contribution is 2.32. The highest BCUT2D eigenvalue weighted by Gasteiger charge is 2.12. The van der Waals surface area contributed by atoms with Crippen LogP contribution in [0.25, 0.3) is 0 Å². The van der Waals surface area contributed by atoms with Crippen LogP contribution in [0.3, 0.4) is 0 Å². The van der Waals surface area contributed by atoms with Crippen molar-refractivity contribution >= 4 is 33.2 Å². The van der Waals surface area contributed by atoms with Crippen molar-refractivity contribution in [1.82, 2.24) is 0 Å². The molecule has 2 nitrogen and oxygen atoms in total. The van der Waals surface area contributed by atoms with Gasteiger partial charge in [0.25, 0.3) is 0 Å². The van der Waals surface area contributed by atoms with E-state index in [1.807, 2.05) is 56.3 Å². The SMILES string of the molecule is CC(C)Oc1ccccc1NC(C)c1ccc(Br)cc1Cl. The van der Waals surface area contributed by atoms with Crippen molar-refractivity contribution in [3.05, 3.63) is 57.5 Å². The predicted octanol–water partition coefficient (Wildman–Crippen LogP) is 6.06. The van der Waals surface area contributed by atoms with Gasteiger partial charge >= 0.3 is 0 Å². The zero-order valence-electron chi connectivity index (χ0n) is 12.4. The largest absolute Gasteiger partial charge is 0.489 e. The van der Waals surface area contributed by atoms with Crippen LogP contribution in [0.1, 0.15) is 32.4 Å². The molecule has 0 bridgehead atoms. The van der Waals surface area contributed by atoms with Gasteiger partial charge in [-0.3, -0.25) is 0 Å². The van der Waals surface area contributed by atoms with Gasteiger partial charge in [-0.15, -0.1) is 0 Å². The monoisotopic (exact) mass is 367 g/mol. The zero-order valence-corrected chi connectivity index (χ0v) is 14.7. The summed E-state index contributed by atoms with van der Waals surface area (Å²) in [6, 6.07) is 14.0. The summed E-state index contributed by atoms with van der Waals surface area (Å²) in [4.78, 5) is 0. The van der Waals surface area contributed by atoms with Crippen molar-refractivity contribution < 1.29 is 4.74 Å². The molecule has 0 aliphatic carbocycles. The van der Waals surface area contributed by atoms with Crippen molar-refractivity contribution in [3.8, 4) is 5.75 Å². The van der Waals surface area contributed by atoms with Crippen LogP contribution in [0.4, 0.5) is 5.69 Å². The summed E-state index contributed by atoms with van der Waals surface area (Å²) in [6.45, 7) is 6.12. The summed E-state index contributed by atoms with van der Waals surface area (Å²) in [7, 11) is 0.